The van der Waals surface area contributed by atoms with Crippen molar-refractivity contribution in [1.29, 1.82) is 0 Å². The topological polar surface area (TPSA) is 40.5 Å². The predicted octanol–water partition coefficient (Wildman–Crippen LogP) is 1.25. The van der Waals surface area contributed by atoms with Gasteiger partial charge in [-0.2, -0.15) is 0 Å². The third-order valence-electron chi connectivity index (χ3n) is 2.17. The molecule has 1 fully saturated rings. The maximum Gasteiger partial charge on any atom is 0.234 e. The zero-order valence-electron chi connectivity index (χ0n) is 6.82. The van der Waals surface area contributed by atoms with Crippen LogP contribution >= 0.6 is 0 Å². The van der Waals surface area contributed by atoms with Gasteiger partial charge in [-0.3, -0.25) is 4.55 Å². The molecule has 1 aliphatic heterocycles. The Balaban J connectivity index is 2.29. The highest BCUT2D eigenvalue weighted by Crippen LogP contribution is 2.21. The van der Waals surface area contributed by atoms with Gasteiger partial charge in [-0.25, -0.2) is 8.51 Å². The number of hydrogen-bond donors (Lipinski definition) is 1. The van der Waals surface area contributed by atoms with Crippen LogP contribution in [0.25, 0.3) is 0 Å². The van der Waals surface area contributed by atoms with Gasteiger partial charge in [0.05, 0.1) is 0 Å². The van der Waals surface area contributed by atoms with Crippen molar-refractivity contribution in [2.45, 2.75) is 26.2 Å². The normalized spacial score (nSPS) is 29.1. The molecule has 1 N–H and O–H groups in total. The van der Waals surface area contributed by atoms with Gasteiger partial charge >= 0.3 is 0 Å². The first-order valence-corrected chi connectivity index (χ1v) is 5.16. The minimum absolute atomic E-state index is 0.649. The lowest BCUT2D eigenvalue weighted by atomic mass is 10.0. The van der Waals surface area contributed by atoms with Crippen molar-refractivity contribution in [1.82, 2.24) is 4.31 Å². The fourth-order valence-corrected chi connectivity index (χ4v) is 2.18. The third kappa shape index (κ3) is 2.54. The summed E-state index contributed by atoms with van der Waals surface area (Å²) in [5.41, 5.74) is 0. The molecule has 66 valence electrons. The Morgan fingerprint density at radius 2 is 2.45 bits per heavy atom. The summed E-state index contributed by atoms with van der Waals surface area (Å²) >= 11 is -1.73. The molecule has 3 nitrogen and oxygen atoms in total. The highest BCUT2D eigenvalue weighted by Gasteiger charge is 2.24. The molecule has 1 heterocycles. The van der Waals surface area contributed by atoms with E-state index in [1.165, 1.54) is 12.8 Å². The van der Waals surface area contributed by atoms with Crippen molar-refractivity contribution in [3.8, 4) is 0 Å². The van der Waals surface area contributed by atoms with Gasteiger partial charge in [-0.05, 0) is 18.8 Å². The Labute approximate surface area is 70.2 Å². The number of nitrogens with zero attached hydrogens (tertiary/aromatic N) is 1. The molecule has 0 aromatic heterocycles. The van der Waals surface area contributed by atoms with Crippen LogP contribution in [-0.4, -0.2) is 26.2 Å². The monoisotopic (exact) mass is 177 g/mol. The Kier molecular flexibility index (Phi) is 3.48. The molecule has 0 aromatic carbocycles. The zero-order chi connectivity index (χ0) is 8.27. The molecule has 11 heavy (non-hydrogen) atoms. The molecule has 4 heteroatoms. The predicted molar refractivity (Wildman–Crippen MR) is 45.4 cm³/mol. The zero-order valence-corrected chi connectivity index (χ0v) is 7.64. The lowest BCUT2D eigenvalue weighted by Gasteiger charge is -2.09. The summed E-state index contributed by atoms with van der Waals surface area (Å²) in [6, 6.07) is 0. The van der Waals surface area contributed by atoms with Crippen molar-refractivity contribution in [3.05, 3.63) is 0 Å². The van der Waals surface area contributed by atoms with Gasteiger partial charge in [0, 0.05) is 13.1 Å². The quantitative estimate of drug-likeness (QED) is 0.659. The molecule has 0 radical (unpaired) electrons. The van der Waals surface area contributed by atoms with Crippen LogP contribution in [0, 0.1) is 5.92 Å². The van der Waals surface area contributed by atoms with Gasteiger partial charge in [0.1, 0.15) is 0 Å². The summed E-state index contributed by atoms with van der Waals surface area (Å²) in [6.45, 7) is 3.74. The average molecular weight is 177 g/mol. The van der Waals surface area contributed by atoms with E-state index in [0.29, 0.717) is 5.92 Å². The molecule has 1 rings (SSSR count). The molecule has 1 aliphatic rings. The van der Waals surface area contributed by atoms with Crippen LogP contribution in [0.5, 0.6) is 0 Å². The summed E-state index contributed by atoms with van der Waals surface area (Å²) < 4.78 is 21.0. The van der Waals surface area contributed by atoms with E-state index < -0.39 is 11.3 Å². The number of hydrogen-bond acceptors (Lipinski definition) is 1. The van der Waals surface area contributed by atoms with Gasteiger partial charge in [0.15, 0.2) is 0 Å². The first kappa shape index (κ1) is 9.16. The third-order valence-corrected chi connectivity index (χ3v) is 2.94. The minimum atomic E-state index is -1.73. The van der Waals surface area contributed by atoms with Crippen molar-refractivity contribution in [3.63, 3.8) is 0 Å². The van der Waals surface area contributed by atoms with Gasteiger partial charge in [0.2, 0.25) is 11.3 Å². The minimum Gasteiger partial charge on any atom is -0.294 e. The van der Waals surface area contributed by atoms with Gasteiger partial charge < -0.3 is 0 Å². The van der Waals surface area contributed by atoms with Crippen LogP contribution in [-0.2, 0) is 11.3 Å². The molecule has 0 amide bonds. The summed E-state index contributed by atoms with van der Waals surface area (Å²) in [4.78, 5) is 0. The van der Waals surface area contributed by atoms with E-state index in [1.54, 1.807) is 4.31 Å². The van der Waals surface area contributed by atoms with Crippen LogP contribution in [0.2, 0.25) is 0 Å². The lowest BCUT2D eigenvalue weighted by Crippen LogP contribution is -2.22. The number of rotatable bonds is 3. The summed E-state index contributed by atoms with van der Waals surface area (Å²) in [5, 5.41) is 0. The standard InChI is InChI=1S/C7H15NO2S/c1-2-3-7-4-5-8(6-7)11(9)10/h7H,2-6H2,1H3,(H,9,10). The van der Waals surface area contributed by atoms with Crippen LogP contribution in [0.15, 0.2) is 0 Å². The largest absolute Gasteiger partial charge is 0.294 e. The van der Waals surface area contributed by atoms with Crippen LogP contribution in [0.3, 0.4) is 0 Å². The summed E-state index contributed by atoms with van der Waals surface area (Å²) in [6.07, 6.45) is 3.45. The van der Waals surface area contributed by atoms with Gasteiger partial charge in [-0.15, -0.1) is 0 Å². The molecule has 0 bridgehead atoms. The van der Waals surface area contributed by atoms with Crippen LogP contribution in [0.1, 0.15) is 26.2 Å². The Morgan fingerprint density at radius 3 is 2.91 bits per heavy atom. The first-order chi connectivity index (χ1) is 5.24. The highest BCUT2D eigenvalue weighted by molar-refractivity contribution is 7.76. The molecule has 0 spiro atoms. The molecule has 1 saturated heterocycles. The molecule has 2 atom stereocenters. The van der Waals surface area contributed by atoms with Crippen LogP contribution < -0.4 is 0 Å². The lowest BCUT2D eigenvalue weighted by molar-refractivity contribution is 0.429. The maximum atomic E-state index is 10.6. The molecular formula is C7H15NO2S. The Morgan fingerprint density at radius 1 is 1.73 bits per heavy atom. The van der Waals surface area contributed by atoms with Gasteiger partial charge in [-0.1, -0.05) is 13.3 Å². The fourth-order valence-electron chi connectivity index (χ4n) is 1.58. The van der Waals surface area contributed by atoms with Crippen molar-refractivity contribution >= 4 is 11.3 Å². The van der Waals surface area contributed by atoms with E-state index in [4.69, 9.17) is 4.55 Å². The second-order valence-corrected chi connectivity index (χ2v) is 4.04. The van der Waals surface area contributed by atoms with Gasteiger partial charge in [0.25, 0.3) is 0 Å². The molecule has 0 saturated carbocycles. The molecule has 0 aromatic rings. The molecular weight excluding hydrogens is 162 g/mol. The van der Waals surface area contributed by atoms with E-state index in [0.717, 1.165) is 19.5 Å². The Bertz CT molecular complexity index is 151. The average Bonchev–Trinajstić information content (AvgIpc) is 2.37. The fraction of sp³-hybridized carbons (Fsp3) is 1.00. The Hall–Kier alpha value is 0.0700. The van der Waals surface area contributed by atoms with E-state index in [2.05, 4.69) is 6.92 Å². The van der Waals surface area contributed by atoms with E-state index in [9.17, 15) is 4.21 Å². The highest BCUT2D eigenvalue weighted by atomic mass is 32.2. The van der Waals surface area contributed by atoms with E-state index >= 15 is 0 Å². The molecule has 2 unspecified atom stereocenters. The second kappa shape index (κ2) is 4.18. The smallest absolute Gasteiger partial charge is 0.234 e. The van der Waals surface area contributed by atoms with Crippen molar-refractivity contribution < 1.29 is 8.76 Å². The summed E-state index contributed by atoms with van der Waals surface area (Å²) in [5.74, 6) is 0.649. The SMILES string of the molecule is CCCC1CCN(S(=O)O)C1. The summed E-state index contributed by atoms with van der Waals surface area (Å²) in [7, 11) is 0. The second-order valence-electron chi connectivity index (χ2n) is 3.06. The van der Waals surface area contributed by atoms with Crippen molar-refractivity contribution in [2.24, 2.45) is 5.92 Å². The van der Waals surface area contributed by atoms with Crippen molar-refractivity contribution in [2.75, 3.05) is 13.1 Å². The molecule has 0 aliphatic carbocycles. The maximum absolute atomic E-state index is 10.6. The van der Waals surface area contributed by atoms with E-state index in [-0.39, 0.29) is 0 Å². The first-order valence-electron chi connectivity index (χ1n) is 4.10. The van der Waals surface area contributed by atoms with E-state index in [1.807, 2.05) is 0 Å². The van der Waals surface area contributed by atoms with Crippen LogP contribution in [0.4, 0.5) is 0 Å².